The van der Waals surface area contributed by atoms with Gasteiger partial charge in [0.25, 0.3) is 0 Å². The molecule has 0 rings (SSSR count). The molecule has 0 saturated heterocycles. The van der Waals surface area contributed by atoms with Crippen LogP contribution in [0.3, 0.4) is 0 Å². The topological polar surface area (TPSA) is 115 Å². The zero-order valence-electron chi connectivity index (χ0n) is 10.1. The zero-order valence-corrected chi connectivity index (χ0v) is 10.1. The minimum atomic E-state index is -0.772. The summed E-state index contributed by atoms with van der Waals surface area (Å²) >= 11 is 0. The number of ether oxygens (including phenoxy) is 1. The van der Waals surface area contributed by atoms with E-state index in [4.69, 9.17) is 15.2 Å². The Morgan fingerprint density at radius 2 is 1.29 bits per heavy atom. The van der Waals surface area contributed by atoms with Crippen LogP contribution < -0.4 is 0 Å². The van der Waals surface area contributed by atoms with Gasteiger partial charge in [0.15, 0.2) is 0 Å². The van der Waals surface area contributed by atoms with E-state index in [1.54, 1.807) is 13.8 Å². The zero-order chi connectivity index (χ0) is 13.3. The van der Waals surface area contributed by atoms with Crippen LogP contribution in [-0.2, 0) is 4.74 Å². The van der Waals surface area contributed by atoms with E-state index < -0.39 is 12.2 Å². The normalized spacial score (nSPS) is 16.9. The summed E-state index contributed by atoms with van der Waals surface area (Å²) in [5, 5.41) is 41.5. The van der Waals surface area contributed by atoms with Crippen molar-refractivity contribution in [3.05, 3.63) is 0 Å². The number of rotatable bonds is 8. The van der Waals surface area contributed by atoms with E-state index in [1.807, 2.05) is 0 Å². The maximum absolute atomic E-state index is 9.43. The minimum Gasteiger partial charge on any atom is -0.411 e. The smallest absolute Gasteiger partial charge is 0.0826 e. The van der Waals surface area contributed by atoms with Gasteiger partial charge in [-0.3, -0.25) is 0 Å². The number of aliphatic hydroxyl groups is 2. The Bertz CT molecular complexity index is 241. The van der Waals surface area contributed by atoms with Crippen LogP contribution in [0.25, 0.3) is 0 Å². The standard InChI is InChI=1S/C10H20N2O5/c1-7(11-15)3-9(13)5-17-6-10(14)4-8(2)12-16/h9-10,13-16H,3-6H2,1-2H3. The van der Waals surface area contributed by atoms with E-state index in [1.165, 1.54) is 0 Å². The molecule has 0 aromatic carbocycles. The second-order valence-electron chi connectivity index (χ2n) is 3.92. The summed E-state index contributed by atoms with van der Waals surface area (Å²) < 4.78 is 5.07. The molecule has 0 bridgehead atoms. The van der Waals surface area contributed by atoms with Gasteiger partial charge in [0.05, 0.1) is 36.8 Å². The number of oxime groups is 2. The summed E-state index contributed by atoms with van der Waals surface area (Å²) in [5.41, 5.74) is 0.815. The number of aliphatic hydroxyl groups excluding tert-OH is 2. The van der Waals surface area contributed by atoms with Crippen molar-refractivity contribution in [2.45, 2.75) is 38.9 Å². The molecule has 0 aromatic rings. The van der Waals surface area contributed by atoms with Crippen molar-refractivity contribution in [2.24, 2.45) is 10.3 Å². The van der Waals surface area contributed by atoms with Gasteiger partial charge in [-0.15, -0.1) is 0 Å². The van der Waals surface area contributed by atoms with Crippen molar-refractivity contribution in [3.63, 3.8) is 0 Å². The minimum absolute atomic E-state index is 0.0409. The summed E-state index contributed by atoms with van der Waals surface area (Å²) in [5.74, 6) is 0. The third-order valence-electron chi connectivity index (χ3n) is 2.02. The average molecular weight is 248 g/mol. The summed E-state index contributed by atoms with van der Waals surface area (Å²) in [6, 6.07) is 0. The highest BCUT2D eigenvalue weighted by atomic mass is 16.5. The van der Waals surface area contributed by atoms with Crippen molar-refractivity contribution in [1.29, 1.82) is 0 Å². The molecule has 0 aliphatic carbocycles. The van der Waals surface area contributed by atoms with E-state index in [0.717, 1.165) is 0 Å². The molecule has 0 aromatic heterocycles. The third kappa shape index (κ3) is 8.61. The quantitative estimate of drug-likeness (QED) is 0.278. The molecule has 7 nitrogen and oxygen atoms in total. The molecular formula is C10H20N2O5. The molecule has 0 heterocycles. The molecule has 2 unspecified atom stereocenters. The van der Waals surface area contributed by atoms with Crippen LogP contribution in [0.15, 0.2) is 10.3 Å². The number of hydrogen-bond donors (Lipinski definition) is 4. The van der Waals surface area contributed by atoms with E-state index in [2.05, 4.69) is 10.3 Å². The van der Waals surface area contributed by atoms with Crippen molar-refractivity contribution in [2.75, 3.05) is 13.2 Å². The van der Waals surface area contributed by atoms with Crippen LogP contribution in [0.4, 0.5) is 0 Å². The fourth-order valence-electron chi connectivity index (χ4n) is 1.22. The SMILES string of the molecule is CC(CC(O)COCC(O)CC(C)=NO)=NO. The molecule has 0 spiro atoms. The highest BCUT2D eigenvalue weighted by molar-refractivity contribution is 5.82. The predicted molar refractivity (Wildman–Crippen MR) is 61.9 cm³/mol. The number of hydrogen-bond acceptors (Lipinski definition) is 7. The highest BCUT2D eigenvalue weighted by Gasteiger charge is 2.10. The molecule has 0 aliphatic heterocycles. The van der Waals surface area contributed by atoms with Gasteiger partial charge in [0.1, 0.15) is 0 Å². The van der Waals surface area contributed by atoms with Crippen LogP contribution >= 0.6 is 0 Å². The Balaban J connectivity index is 3.69. The van der Waals surface area contributed by atoms with Gasteiger partial charge in [0, 0.05) is 12.8 Å². The Morgan fingerprint density at radius 1 is 0.941 bits per heavy atom. The summed E-state index contributed by atoms with van der Waals surface area (Å²) in [4.78, 5) is 0. The highest BCUT2D eigenvalue weighted by Crippen LogP contribution is 1.99. The lowest BCUT2D eigenvalue weighted by atomic mass is 10.2. The van der Waals surface area contributed by atoms with Gasteiger partial charge in [-0.05, 0) is 13.8 Å². The van der Waals surface area contributed by atoms with Crippen molar-refractivity contribution >= 4 is 11.4 Å². The molecule has 100 valence electrons. The average Bonchev–Trinajstić information content (AvgIpc) is 2.28. The summed E-state index contributed by atoms with van der Waals surface area (Å²) in [7, 11) is 0. The van der Waals surface area contributed by atoms with Crippen LogP contribution in [0.2, 0.25) is 0 Å². The van der Waals surface area contributed by atoms with Crippen LogP contribution in [0, 0.1) is 0 Å². The van der Waals surface area contributed by atoms with Crippen molar-refractivity contribution < 1.29 is 25.4 Å². The van der Waals surface area contributed by atoms with Gasteiger partial charge in [-0.25, -0.2) is 0 Å². The van der Waals surface area contributed by atoms with E-state index in [-0.39, 0.29) is 26.1 Å². The first-order valence-electron chi connectivity index (χ1n) is 5.28. The van der Waals surface area contributed by atoms with Gasteiger partial charge in [-0.2, -0.15) is 0 Å². The molecule has 0 amide bonds. The first-order chi connectivity index (χ1) is 7.99. The van der Waals surface area contributed by atoms with Crippen molar-refractivity contribution in [3.8, 4) is 0 Å². The molecule has 0 fully saturated rings. The monoisotopic (exact) mass is 248 g/mol. The lowest BCUT2D eigenvalue weighted by Crippen LogP contribution is -2.24. The fraction of sp³-hybridized carbons (Fsp3) is 0.800. The van der Waals surface area contributed by atoms with Gasteiger partial charge in [-0.1, -0.05) is 10.3 Å². The fourth-order valence-corrected chi connectivity index (χ4v) is 1.22. The molecule has 0 radical (unpaired) electrons. The maximum Gasteiger partial charge on any atom is 0.0826 e. The lowest BCUT2D eigenvalue weighted by molar-refractivity contribution is -0.00318. The summed E-state index contributed by atoms with van der Waals surface area (Å²) in [6.07, 6.45) is -1.12. The van der Waals surface area contributed by atoms with E-state index in [0.29, 0.717) is 11.4 Å². The first-order valence-corrected chi connectivity index (χ1v) is 5.28. The van der Waals surface area contributed by atoms with Crippen LogP contribution in [0.5, 0.6) is 0 Å². The Kier molecular flexibility index (Phi) is 8.29. The van der Waals surface area contributed by atoms with E-state index in [9.17, 15) is 10.2 Å². The lowest BCUT2D eigenvalue weighted by Gasteiger charge is -2.13. The largest absolute Gasteiger partial charge is 0.411 e. The molecule has 7 heteroatoms. The molecular weight excluding hydrogens is 228 g/mol. The third-order valence-corrected chi connectivity index (χ3v) is 2.02. The second-order valence-corrected chi connectivity index (χ2v) is 3.92. The molecule has 0 aliphatic rings. The molecule has 0 saturated carbocycles. The Labute approximate surface area is 100 Å². The van der Waals surface area contributed by atoms with Gasteiger partial charge < -0.3 is 25.4 Å². The van der Waals surface area contributed by atoms with Gasteiger partial charge >= 0.3 is 0 Å². The van der Waals surface area contributed by atoms with Crippen LogP contribution in [0.1, 0.15) is 26.7 Å². The molecule has 17 heavy (non-hydrogen) atoms. The number of nitrogens with zero attached hydrogens (tertiary/aromatic N) is 2. The molecule has 2 atom stereocenters. The maximum atomic E-state index is 9.43. The summed E-state index contributed by atoms with van der Waals surface area (Å²) in [6.45, 7) is 3.25. The van der Waals surface area contributed by atoms with Gasteiger partial charge in [0.2, 0.25) is 0 Å². The first kappa shape index (κ1) is 15.8. The van der Waals surface area contributed by atoms with Crippen molar-refractivity contribution in [1.82, 2.24) is 0 Å². The van der Waals surface area contributed by atoms with E-state index >= 15 is 0 Å². The Hall–Kier alpha value is -1.18. The second kappa shape index (κ2) is 8.91. The Morgan fingerprint density at radius 3 is 1.59 bits per heavy atom. The van der Waals surface area contributed by atoms with Crippen LogP contribution in [-0.4, -0.2) is 57.5 Å². The molecule has 4 N–H and O–H groups in total. The predicted octanol–water partition coefficient (Wildman–Crippen LogP) is 0.205.